The zero-order chi connectivity index (χ0) is 10.7. The predicted molar refractivity (Wildman–Crippen MR) is 71.2 cm³/mol. The smallest absolute Gasteiger partial charge is 0.145 e. The predicted octanol–water partition coefficient (Wildman–Crippen LogP) is 4.24. The highest BCUT2D eigenvalue weighted by Crippen LogP contribution is 2.31. The van der Waals surface area contributed by atoms with Crippen LogP contribution in [0.1, 0.15) is 0 Å². The van der Waals surface area contributed by atoms with E-state index in [0.717, 1.165) is 19.5 Å². The summed E-state index contributed by atoms with van der Waals surface area (Å²) in [6.07, 6.45) is 3.41. The molecule has 4 heteroatoms. The number of pyridine rings is 1. The van der Waals surface area contributed by atoms with Crippen molar-refractivity contribution in [2.24, 2.45) is 0 Å². The fraction of sp³-hybridized carbons (Fsp3) is 0. The Kier molecular flexibility index (Phi) is 3.58. The second-order valence-electron chi connectivity index (χ2n) is 2.84. The van der Waals surface area contributed by atoms with Crippen molar-refractivity contribution in [3.8, 4) is 11.5 Å². The first-order valence-electron chi connectivity index (χ1n) is 4.29. The van der Waals surface area contributed by atoms with Gasteiger partial charge in [-0.2, -0.15) is 0 Å². The first-order chi connectivity index (χ1) is 7.27. The van der Waals surface area contributed by atoms with Crippen molar-refractivity contribution in [2.75, 3.05) is 0 Å². The molecular formula is C11H7BrINO. The van der Waals surface area contributed by atoms with Crippen molar-refractivity contribution in [1.82, 2.24) is 4.98 Å². The van der Waals surface area contributed by atoms with E-state index < -0.39 is 0 Å². The second-order valence-corrected chi connectivity index (χ2v) is 4.78. The van der Waals surface area contributed by atoms with Crippen LogP contribution in [0, 0.1) is 3.57 Å². The standard InChI is InChI=1S/C11H7BrINO/c12-9-4-1-5-10(11(9)13)15-8-3-2-6-14-7-8/h1-7H. The maximum absolute atomic E-state index is 5.69. The van der Waals surface area contributed by atoms with Gasteiger partial charge in [0.15, 0.2) is 0 Å². The monoisotopic (exact) mass is 375 g/mol. The number of hydrogen-bond donors (Lipinski definition) is 0. The van der Waals surface area contributed by atoms with Crippen LogP contribution in [-0.2, 0) is 0 Å². The van der Waals surface area contributed by atoms with Crippen molar-refractivity contribution < 1.29 is 4.74 Å². The van der Waals surface area contributed by atoms with Gasteiger partial charge in [0.05, 0.1) is 9.77 Å². The van der Waals surface area contributed by atoms with Gasteiger partial charge in [0.1, 0.15) is 11.5 Å². The van der Waals surface area contributed by atoms with Crippen molar-refractivity contribution in [3.63, 3.8) is 0 Å². The average molecular weight is 376 g/mol. The number of rotatable bonds is 2. The minimum absolute atomic E-state index is 0.744. The molecule has 0 saturated heterocycles. The van der Waals surface area contributed by atoms with Crippen LogP contribution >= 0.6 is 38.5 Å². The Labute approximate surface area is 110 Å². The Bertz CT molecular complexity index is 461. The molecule has 0 amide bonds. The topological polar surface area (TPSA) is 22.1 Å². The van der Waals surface area contributed by atoms with Gasteiger partial charge in [-0.3, -0.25) is 4.98 Å². The molecule has 0 fully saturated rings. The van der Waals surface area contributed by atoms with Crippen LogP contribution in [0.2, 0.25) is 0 Å². The molecule has 1 aromatic heterocycles. The Balaban J connectivity index is 2.29. The van der Waals surface area contributed by atoms with E-state index in [0.29, 0.717) is 0 Å². The molecule has 15 heavy (non-hydrogen) atoms. The highest BCUT2D eigenvalue weighted by Gasteiger charge is 2.05. The van der Waals surface area contributed by atoms with Crippen LogP contribution in [0.4, 0.5) is 0 Å². The van der Waals surface area contributed by atoms with Crippen LogP contribution in [-0.4, -0.2) is 4.98 Å². The summed E-state index contributed by atoms with van der Waals surface area (Å²) in [4.78, 5) is 3.99. The van der Waals surface area contributed by atoms with E-state index in [9.17, 15) is 0 Å². The summed E-state index contributed by atoms with van der Waals surface area (Å²) in [5.41, 5.74) is 0. The van der Waals surface area contributed by atoms with Gasteiger partial charge in [-0.15, -0.1) is 0 Å². The molecule has 0 aliphatic rings. The van der Waals surface area contributed by atoms with Gasteiger partial charge in [-0.25, -0.2) is 0 Å². The van der Waals surface area contributed by atoms with Crippen LogP contribution in [0.15, 0.2) is 47.2 Å². The Morgan fingerprint density at radius 1 is 1.20 bits per heavy atom. The minimum atomic E-state index is 0.744. The third-order valence-corrected chi connectivity index (χ3v) is 4.29. The fourth-order valence-corrected chi connectivity index (χ4v) is 1.91. The maximum Gasteiger partial charge on any atom is 0.145 e. The van der Waals surface area contributed by atoms with Crippen molar-refractivity contribution in [3.05, 3.63) is 50.8 Å². The molecule has 0 N–H and O–H groups in total. The van der Waals surface area contributed by atoms with Crippen molar-refractivity contribution in [2.45, 2.75) is 0 Å². The molecule has 0 bridgehead atoms. The summed E-state index contributed by atoms with van der Waals surface area (Å²) in [5.74, 6) is 1.58. The van der Waals surface area contributed by atoms with Crippen LogP contribution in [0.3, 0.4) is 0 Å². The molecule has 0 radical (unpaired) electrons. The van der Waals surface area contributed by atoms with Crippen LogP contribution in [0.25, 0.3) is 0 Å². The summed E-state index contributed by atoms with van der Waals surface area (Å²) < 4.78 is 7.78. The normalized spacial score (nSPS) is 10.0. The molecule has 76 valence electrons. The molecule has 0 spiro atoms. The Morgan fingerprint density at radius 2 is 2.07 bits per heavy atom. The van der Waals surface area contributed by atoms with Crippen molar-refractivity contribution >= 4 is 38.5 Å². The molecule has 1 heterocycles. The van der Waals surface area contributed by atoms with E-state index in [1.165, 1.54) is 0 Å². The van der Waals surface area contributed by atoms with E-state index in [-0.39, 0.29) is 0 Å². The van der Waals surface area contributed by atoms with E-state index in [1.54, 1.807) is 12.4 Å². The van der Waals surface area contributed by atoms with Gasteiger partial charge < -0.3 is 4.74 Å². The number of benzene rings is 1. The van der Waals surface area contributed by atoms with Gasteiger partial charge in [-0.1, -0.05) is 6.07 Å². The number of hydrogen-bond acceptors (Lipinski definition) is 2. The molecule has 1 aromatic carbocycles. The molecule has 0 atom stereocenters. The first kappa shape index (κ1) is 10.9. The zero-order valence-electron chi connectivity index (χ0n) is 7.65. The van der Waals surface area contributed by atoms with Gasteiger partial charge in [-0.05, 0) is 62.8 Å². The summed E-state index contributed by atoms with van der Waals surface area (Å²) in [5, 5.41) is 0. The Morgan fingerprint density at radius 3 is 2.80 bits per heavy atom. The molecule has 2 rings (SSSR count). The summed E-state index contributed by atoms with van der Waals surface area (Å²) in [6.45, 7) is 0. The largest absolute Gasteiger partial charge is 0.455 e. The SMILES string of the molecule is Brc1cccc(Oc2cccnc2)c1I. The quantitative estimate of drug-likeness (QED) is 0.732. The molecular weight excluding hydrogens is 369 g/mol. The summed E-state index contributed by atoms with van der Waals surface area (Å²) in [7, 11) is 0. The number of ether oxygens (including phenoxy) is 1. The summed E-state index contributed by atoms with van der Waals surface area (Å²) >= 11 is 5.70. The number of halogens is 2. The van der Waals surface area contributed by atoms with Gasteiger partial charge in [0.2, 0.25) is 0 Å². The second kappa shape index (κ2) is 4.94. The highest BCUT2D eigenvalue weighted by atomic mass is 127. The summed E-state index contributed by atoms with van der Waals surface area (Å²) in [6, 6.07) is 9.58. The lowest BCUT2D eigenvalue weighted by molar-refractivity contribution is 0.476. The van der Waals surface area contributed by atoms with Crippen LogP contribution in [0.5, 0.6) is 11.5 Å². The third-order valence-electron chi connectivity index (χ3n) is 1.78. The average Bonchev–Trinajstić information content (AvgIpc) is 2.26. The molecule has 0 unspecified atom stereocenters. The number of aromatic nitrogens is 1. The van der Waals surface area contributed by atoms with Gasteiger partial charge in [0, 0.05) is 10.7 Å². The highest BCUT2D eigenvalue weighted by molar-refractivity contribution is 14.1. The van der Waals surface area contributed by atoms with Gasteiger partial charge >= 0.3 is 0 Å². The zero-order valence-corrected chi connectivity index (χ0v) is 11.4. The van der Waals surface area contributed by atoms with E-state index in [1.807, 2.05) is 30.3 Å². The van der Waals surface area contributed by atoms with Crippen LogP contribution < -0.4 is 4.74 Å². The lowest BCUT2D eigenvalue weighted by Gasteiger charge is -2.07. The molecule has 0 aliphatic heterocycles. The maximum atomic E-state index is 5.69. The van der Waals surface area contributed by atoms with E-state index >= 15 is 0 Å². The lowest BCUT2D eigenvalue weighted by Crippen LogP contribution is -1.88. The molecule has 2 nitrogen and oxygen atoms in total. The third kappa shape index (κ3) is 2.69. The van der Waals surface area contributed by atoms with E-state index in [4.69, 9.17) is 4.74 Å². The number of nitrogens with zero attached hydrogens (tertiary/aromatic N) is 1. The van der Waals surface area contributed by atoms with E-state index in [2.05, 4.69) is 43.5 Å². The molecule has 0 saturated carbocycles. The first-order valence-corrected chi connectivity index (χ1v) is 6.16. The minimum Gasteiger partial charge on any atom is -0.455 e. The Hall–Kier alpha value is -0.620. The molecule has 0 aliphatic carbocycles. The van der Waals surface area contributed by atoms with Crippen molar-refractivity contribution in [1.29, 1.82) is 0 Å². The van der Waals surface area contributed by atoms with Gasteiger partial charge in [0.25, 0.3) is 0 Å². The lowest BCUT2D eigenvalue weighted by atomic mass is 10.3. The molecule has 2 aromatic rings. The fourth-order valence-electron chi connectivity index (χ4n) is 1.10.